The van der Waals surface area contributed by atoms with Gasteiger partial charge in [-0.2, -0.15) is 4.31 Å². The van der Waals surface area contributed by atoms with E-state index in [-0.39, 0.29) is 12.5 Å². The lowest BCUT2D eigenvalue weighted by Gasteiger charge is -2.36. The number of rotatable bonds is 6. The number of sulfonamides is 1. The maximum atomic E-state index is 13.3. The van der Waals surface area contributed by atoms with Crippen LogP contribution in [0.15, 0.2) is 59.5 Å². The van der Waals surface area contributed by atoms with Crippen LogP contribution in [0.5, 0.6) is 0 Å². The van der Waals surface area contributed by atoms with Gasteiger partial charge in [-0.05, 0) is 48.9 Å². The monoisotopic (exact) mass is 442 g/mol. The van der Waals surface area contributed by atoms with Crippen LogP contribution in [0.25, 0.3) is 0 Å². The topological polar surface area (TPSA) is 75.7 Å². The first-order valence-corrected chi connectivity index (χ1v) is 12.5. The summed E-state index contributed by atoms with van der Waals surface area (Å²) < 4.78 is 33.1. The van der Waals surface area contributed by atoms with Crippen LogP contribution >= 0.6 is 0 Å². The van der Waals surface area contributed by atoms with E-state index < -0.39 is 15.4 Å². The maximum absolute atomic E-state index is 13.3. The average molecular weight is 443 g/mol. The summed E-state index contributed by atoms with van der Waals surface area (Å²) in [4.78, 5) is 13.6. The molecule has 2 fully saturated rings. The van der Waals surface area contributed by atoms with Crippen molar-refractivity contribution in [3.63, 3.8) is 0 Å². The third-order valence-corrected chi connectivity index (χ3v) is 8.31. The minimum atomic E-state index is -3.49. The van der Waals surface area contributed by atoms with E-state index in [1.54, 1.807) is 22.5 Å². The van der Waals surface area contributed by atoms with E-state index >= 15 is 0 Å². The zero-order chi connectivity index (χ0) is 21.7. The van der Waals surface area contributed by atoms with Crippen LogP contribution in [0.2, 0.25) is 0 Å². The molecule has 2 saturated heterocycles. The zero-order valence-corrected chi connectivity index (χ0v) is 18.6. The van der Waals surface area contributed by atoms with Crippen LogP contribution in [0.4, 0.5) is 0 Å². The van der Waals surface area contributed by atoms with Crippen molar-refractivity contribution in [1.82, 2.24) is 9.62 Å². The first-order chi connectivity index (χ1) is 15.0. The van der Waals surface area contributed by atoms with Gasteiger partial charge in [-0.3, -0.25) is 4.79 Å². The Morgan fingerprint density at radius 2 is 1.68 bits per heavy atom. The molecule has 0 unspecified atom stereocenters. The molecule has 2 aliphatic heterocycles. The first-order valence-electron chi connectivity index (χ1n) is 11.0. The smallest absolute Gasteiger partial charge is 0.243 e. The van der Waals surface area contributed by atoms with Crippen molar-refractivity contribution < 1.29 is 17.9 Å². The van der Waals surface area contributed by atoms with E-state index in [1.165, 1.54) is 0 Å². The highest BCUT2D eigenvalue weighted by Gasteiger charge is 2.41. The standard InChI is InChI=1S/C24H30N2O4S/c27-23(24(12-16-30-17-13-24)21-9-3-1-4-10-21)25-19-20-8-7-11-22(18-20)31(28,29)26-14-5-2-6-15-26/h1,3-4,7-11,18H,2,5-6,12-17,19H2,(H,25,27). The molecule has 1 N–H and O–H groups in total. The third kappa shape index (κ3) is 4.68. The molecule has 6 nitrogen and oxygen atoms in total. The highest BCUT2D eigenvalue weighted by atomic mass is 32.2. The predicted molar refractivity (Wildman–Crippen MR) is 119 cm³/mol. The van der Waals surface area contributed by atoms with Gasteiger partial charge in [0.05, 0.1) is 10.3 Å². The summed E-state index contributed by atoms with van der Waals surface area (Å²) in [6.07, 6.45) is 4.14. The lowest BCUT2D eigenvalue weighted by Crippen LogP contribution is -2.47. The van der Waals surface area contributed by atoms with Crippen molar-refractivity contribution in [2.75, 3.05) is 26.3 Å². The van der Waals surface area contributed by atoms with E-state index in [0.29, 0.717) is 44.0 Å². The van der Waals surface area contributed by atoms with Crippen molar-refractivity contribution in [2.45, 2.75) is 49.0 Å². The molecular weight excluding hydrogens is 412 g/mol. The van der Waals surface area contributed by atoms with Gasteiger partial charge < -0.3 is 10.1 Å². The summed E-state index contributed by atoms with van der Waals surface area (Å²) in [5.41, 5.74) is 1.16. The second kappa shape index (κ2) is 9.51. The van der Waals surface area contributed by atoms with Crippen molar-refractivity contribution in [2.24, 2.45) is 0 Å². The van der Waals surface area contributed by atoms with E-state index in [0.717, 1.165) is 30.4 Å². The molecule has 0 aromatic heterocycles. The molecule has 0 saturated carbocycles. The normalized spacial score (nSPS) is 19.6. The van der Waals surface area contributed by atoms with Crippen molar-refractivity contribution in [3.8, 4) is 0 Å². The van der Waals surface area contributed by atoms with Crippen LogP contribution in [0.1, 0.15) is 43.2 Å². The second-order valence-corrected chi connectivity index (χ2v) is 10.3. The Labute approximate surface area is 184 Å². The molecule has 0 spiro atoms. The Morgan fingerprint density at radius 3 is 2.39 bits per heavy atom. The van der Waals surface area contributed by atoms with Gasteiger partial charge in [-0.25, -0.2) is 8.42 Å². The van der Waals surface area contributed by atoms with Gasteiger partial charge in [-0.1, -0.05) is 48.9 Å². The number of hydrogen-bond acceptors (Lipinski definition) is 4. The van der Waals surface area contributed by atoms with Gasteiger partial charge in [0, 0.05) is 32.8 Å². The maximum Gasteiger partial charge on any atom is 0.243 e. The fraction of sp³-hybridized carbons (Fsp3) is 0.458. The molecule has 0 radical (unpaired) electrons. The molecule has 0 atom stereocenters. The molecule has 0 bridgehead atoms. The van der Waals surface area contributed by atoms with E-state index in [1.807, 2.05) is 36.4 Å². The average Bonchev–Trinajstić information content (AvgIpc) is 2.84. The number of carbonyl (C=O) groups excluding carboxylic acids is 1. The fourth-order valence-corrected chi connectivity index (χ4v) is 6.13. The van der Waals surface area contributed by atoms with Crippen LogP contribution in [0.3, 0.4) is 0 Å². The minimum absolute atomic E-state index is 0.0358. The number of hydrogen-bond donors (Lipinski definition) is 1. The number of amides is 1. The second-order valence-electron chi connectivity index (χ2n) is 8.36. The van der Waals surface area contributed by atoms with Gasteiger partial charge in [0.15, 0.2) is 0 Å². The summed E-state index contributed by atoms with van der Waals surface area (Å²) >= 11 is 0. The molecule has 166 valence electrons. The largest absolute Gasteiger partial charge is 0.381 e. The van der Waals surface area contributed by atoms with Gasteiger partial charge in [0.2, 0.25) is 15.9 Å². The minimum Gasteiger partial charge on any atom is -0.381 e. The summed E-state index contributed by atoms with van der Waals surface area (Å²) in [5.74, 6) is -0.0358. The predicted octanol–water partition coefficient (Wildman–Crippen LogP) is 3.23. The molecule has 0 aliphatic carbocycles. The number of piperidine rings is 1. The molecule has 4 rings (SSSR count). The SMILES string of the molecule is O=C(NCc1cccc(S(=O)(=O)N2CCCCC2)c1)C1(c2ccccc2)CCOCC1. The molecule has 2 aliphatic rings. The Balaban J connectivity index is 1.50. The van der Waals surface area contributed by atoms with Crippen molar-refractivity contribution >= 4 is 15.9 Å². The third-order valence-electron chi connectivity index (χ3n) is 6.41. The summed E-state index contributed by atoms with van der Waals surface area (Å²) in [6.45, 7) is 2.53. The number of nitrogens with zero attached hydrogens (tertiary/aromatic N) is 1. The van der Waals surface area contributed by atoms with Crippen LogP contribution in [-0.2, 0) is 31.5 Å². The number of nitrogens with one attached hydrogen (secondary N) is 1. The Morgan fingerprint density at radius 1 is 0.968 bits per heavy atom. The van der Waals surface area contributed by atoms with Gasteiger partial charge in [-0.15, -0.1) is 0 Å². The zero-order valence-electron chi connectivity index (χ0n) is 17.8. The van der Waals surface area contributed by atoms with Crippen LogP contribution in [0, 0.1) is 0 Å². The Kier molecular flexibility index (Phi) is 6.74. The molecule has 2 aromatic rings. The van der Waals surface area contributed by atoms with E-state index in [9.17, 15) is 13.2 Å². The van der Waals surface area contributed by atoms with Crippen molar-refractivity contribution in [3.05, 3.63) is 65.7 Å². The summed E-state index contributed by atoms with van der Waals surface area (Å²) in [6, 6.07) is 16.8. The Bertz CT molecular complexity index is 995. The molecular formula is C24H30N2O4S. The summed E-state index contributed by atoms with van der Waals surface area (Å²) in [5, 5.41) is 3.06. The van der Waals surface area contributed by atoms with Gasteiger partial charge >= 0.3 is 0 Å². The molecule has 1 amide bonds. The van der Waals surface area contributed by atoms with Crippen LogP contribution < -0.4 is 5.32 Å². The van der Waals surface area contributed by atoms with Gasteiger partial charge in [0.25, 0.3) is 0 Å². The fourth-order valence-electron chi connectivity index (χ4n) is 4.55. The molecule has 31 heavy (non-hydrogen) atoms. The highest BCUT2D eigenvalue weighted by molar-refractivity contribution is 7.89. The van der Waals surface area contributed by atoms with E-state index in [4.69, 9.17) is 4.74 Å². The molecule has 2 aromatic carbocycles. The lowest BCUT2D eigenvalue weighted by molar-refractivity contribution is -0.130. The van der Waals surface area contributed by atoms with Gasteiger partial charge in [0.1, 0.15) is 0 Å². The van der Waals surface area contributed by atoms with Crippen molar-refractivity contribution in [1.29, 1.82) is 0 Å². The van der Waals surface area contributed by atoms with Crippen LogP contribution in [-0.4, -0.2) is 44.9 Å². The Hall–Kier alpha value is -2.22. The number of benzene rings is 2. The number of ether oxygens (including phenoxy) is 1. The highest BCUT2D eigenvalue weighted by Crippen LogP contribution is 2.35. The lowest BCUT2D eigenvalue weighted by atomic mass is 9.73. The van der Waals surface area contributed by atoms with E-state index in [2.05, 4.69) is 5.32 Å². The molecule has 7 heteroatoms. The summed E-state index contributed by atoms with van der Waals surface area (Å²) in [7, 11) is -3.49. The first kappa shape index (κ1) is 22.0. The quantitative estimate of drug-likeness (QED) is 0.745. The number of carbonyl (C=O) groups is 1. The molecule has 2 heterocycles.